The number of unbranched alkanes of at least 4 members (excludes halogenated alkanes) is 4. The zero-order valence-electron chi connectivity index (χ0n) is 10.00. The summed E-state index contributed by atoms with van der Waals surface area (Å²) >= 11 is 0. The molecule has 1 nitrogen and oxygen atoms in total. The van der Waals surface area contributed by atoms with Crippen molar-refractivity contribution in [3.63, 3.8) is 0 Å². The number of allylic oxidation sites excluding steroid dienone is 2. The van der Waals surface area contributed by atoms with Gasteiger partial charge < -0.3 is 4.90 Å². The topological polar surface area (TPSA) is 3.24 Å². The molecule has 0 atom stereocenters. The Balaban J connectivity index is 3.47. The Morgan fingerprint density at radius 1 is 0.857 bits per heavy atom. The van der Waals surface area contributed by atoms with E-state index >= 15 is 0 Å². The molecule has 0 rings (SSSR count). The fourth-order valence-corrected chi connectivity index (χ4v) is 1.18. The summed E-state index contributed by atoms with van der Waals surface area (Å²) < 4.78 is 0. The summed E-state index contributed by atoms with van der Waals surface area (Å²) in [7, 11) is 2.09. The first-order chi connectivity index (χ1) is 6.81. The molecule has 0 N–H and O–H groups in total. The standard InChI is InChI=1S/C13H25N/c1-4-6-8-10-12-14(3)13-11-9-7-5-2/h10-13H,4-9H2,1-3H3. The summed E-state index contributed by atoms with van der Waals surface area (Å²) in [6.07, 6.45) is 16.3. The van der Waals surface area contributed by atoms with Gasteiger partial charge in [0.05, 0.1) is 0 Å². The molecule has 0 aliphatic heterocycles. The van der Waals surface area contributed by atoms with Gasteiger partial charge in [0.25, 0.3) is 0 Å². The largest absolute Gasteiger partial charge is 0.358 e. The second-order valence-electron chi connectivity index (χ2n) is 3.72. The second-order valence-corrected chi connectivity index (χ2v) is 3.72. The van der Waals surface area contributed by atoms with Gasteiger partial charge in [-0.3, -0.25) is 0 Å². The summed E-state index contributed by atoms with van der Waals surface area (Å²) in [6.45, 7) is 4.45. The number of hydrogen-bond acceptors (Lipinski definition) is 1. The van der Waals surface area contributed by atoms with E-state index in [2.05, 4.69) is 50.3 Å². The highest BCUT2D eigenvalue weighted by Gasteiger charge is 1.83. The molecule has 0 amide bonds. The summed E-state index contributed by atoms with van der Waals surface area (Å²) in [5, 5.41) is 0. The van der Waals surface area contributed by atoms with Crippen molar-refractivity contribution in [3.8, 4) is 0 Å². The van der Waals surface area contributed by atoms with Crippen molar-refractivity contribution in [3.05, 3.63) is 24.6 Å². The van der Waals surface area contributed by atoms with E-state index in [1.54, 1.807) is 0 Å². The van der Waals surface area contributed by atoms with E-state index in [0.29, 0.717) is 0 Å². The van der Waals surface area contributed by atoms with Gasteiger partial charge in [0.2, 0.25) is 0 Å². The monoisotopic (exact) mass is 195 g/mol. The van der Waals surface area contributed by atoms with Crippen LogP contribution in [0.1, 0.15) is 52.4 Å². The summed E-state index contributed by atoms with van der Waals surface area (Å²) in [6, 6.07) is 0. The third-order valence-corrected chi connectivity index (χ3v) is 2.13. The van der Waals surface area contributed by atoms with Gasteiger partial charge in [0.15, 0.2) is 0 Å². The van der Waals surface area contributed by atoms with Crippen LogP contribution in [0, 0.1) is 0 Å². The zero-order chi connectivity index (χ0) is 10.6. The molecular weight excluding hydrogens is 170 g/mol. The lowest BCUT2D eigenvalue weighted by Gasteiger charge is -2.06. The predicted molar refractivity (Wildman–Crippen MR) is 65.1 cm³/mol. The van der Waals surface area contributed by atoms with E-state index in [4.69, 9.17) is 0 Å². The lowest BCUT2D eigenvalue weighted by Crippen LogP contribution is -1.99. The maximum Gasteiger partial charge on any atom is 0.0106 e. The molecule has 0 saturated carbocycles. The maximum absolute atomic E-state index is 2.24. The predicted octanol–water partition coefficient (Wildman–Crippen LogP) is 4.33. The molecule has 0 aromatic heterocycles. The van der Waals surface area contributed by atoms with Crippen molar-refractivity contribution in [2.24, 2.45) is 0 Å². The van der Waals surface area contributed by atoms with E-state index < -0.39 is 0 Å². The van der Waals surface area contributed by atoms with E-state index in [0.717, 1.165) is 0 Å². The molecule has 0 heterocycles. The lowest BCUT2D eigenvalue weighted by molar-refractivity contribution is 0.614. The molecule has 0 radical (unpaired) electrons. The summed E-state index contributed by atoms with van der Waals surface area (Å²) in [5.74, 6) is 0. The quantitative estimate of drug-likeness (QED) is 0.521. The summed E-state index contributed by atoms with van der Waals surface area (Å²) in [4.78, 5) is 2.13. The van der Waals surface area contributed by atoms with Gasteiger partial charge in [-0.2, -0.15) is 0 Å². The van der Waals surface area contributed by atoms with Crippen molar-refractivity contribution in [1.82, 2.24) is 4.90 Å². The van der Waals surface area contributed by atoms with Crippen LogP contribution < -0.4 is 0 Å². The molecule has 82 valence electrons. The average Bonchev–Trinajstić information content (AvgIpc) is 2.19. The number of hydrogen-bond donors (Lipinski definition) is 0. The van der Waals surface area contributed by atoms with Crippen LogP contribution in [0.15, 0.2) is 24.6 Å². The van der Waals surface area contributed by atoms with E-state index in [1.807, 2.05) is 0 Å². The number of nitrogens with zero attached hydrogens (tertiary/aromatic N) is 1. The fourth-order valence-electron chi connectivity index (χ4n) is 1.18. The van der Waals surface area contributed by atoms with Gasteiger partial charge in [-0.15, -0.1) is 0 Å². The molecule has 0 saturated heterocycles. The highest BCUT2D eigenvalue weighted by atomic mass is 15.0. The molecule has 1 heteroatoms. The minimum Gasteiger partial charge on any atom is -0.358 e. The Labute approximate surface area is 89.5 Å². The maximum atomic E-state index is 2.24. The van der Waals surface area contributed by atoms with Crippen LogP contribution in [0.3, 0.4) is 0 Å². The van der Waals surface area contributed by atoms with Crippen molar-refractivity contribution >= 4 is 0 Å². The highest BCUT2D eigenvalue weighted by Crippen LogP contribution is 1.99. The normalized spacial score (nSPS) is 11.6. The highest BCUT2D eigenvalue weighted by molar-refractivity contribution is 4.89. The third-order valence-electron chi connectivity index (χ3n) is 2.13. The van der Waals surface area contributed by atoms with E-state index in [-0.39, 0.29) is 0 Å². The van der Waals surface area contributed by atoms with Gasteiger partial charge in [0.1, 0.15) is 0 Å². The molecule has 0 aromatic rings. The molecule has 14 heavy (non-hydrogen) atoms. The van der Waals surface area contributed by atoms with Crippen molar-refractivity contribution in [2.45, 2.75) is 52.4 Å². The van der Waals surface area contributed by atoms with Gasteiger partial charge >= 0.3 is 0 Å². The smallest absolute Gasteiger partial charge is 0.0106 e. The zero-order valence-corrected chi connectivity index (χ0v) is 10.00. The average molecular weight is 195 g/mol. The van der Waals surface area contributed by atoms with Crippen LogP contribution >= 0.6 is 0 Å². The molecule has 0 unspecified atom stereocenters. The Hall–Kier alpha value is -0.720. The Morgan fingerprint density at radius 2 is 1.29 bits per heavy atom. The van der Waals surface area contributed by atoms with Gasteiger partial charge in [0, 0.05) is 7.05 Å². The summed E-state index contributed by atoms with van der Waals surface area (Å²) in [5.41, 5.74) is 0. The minimum absolute atomic E-state index is 1.20. The van der Waals surface area contributed by atoms with Crippen LogP contribution in [0.4, 0.5) is 0 Å². The SMILES string of the molecule is CCCCC=CN(C)C=CCCCC. The van der Waals surface area contributed by atoms with Crippen LogP contribution in [0.2, 0.25) is 0 Å². The molecular formula is C13H25N. The van der Waals surface area contributed by atoms with Crippen LogP contribution in [-0.4, -0.2) is 11.9 Å². The molecule has 0 aliphatic rings. The third kappa shape index (κ3) is 9.37. The van der Waals surface area contributed by atoms with Crippen molar-refractivity contribution in [1.29, 1.82) is 0 Å². The molecule has 0 aliphatic carbocycles. The molecule has 0 fully saturated rings. The van der Waals surface area contributed by atoms with Gasteiger partial charge in [-0.05, 0) is 25.2 Å². The molecule has 0 bridgehead atoms. The Morgan fingerprint density at radius 3 is 1.64 bits per heavy atom. The molecule has 0 spiro atoms. The Bertz CT molecular complexity index is 141. The Kier molecular flexibility index (Phi) is 9.83. The van der Waals surface area contributed by atoms with E-state index in [1.165, 1.54) is 38.5 Å². The van der Waals surface area contributed by atoms with Crippen molar-refractivity contribution in [2.75, 3.05) is 7.05 Å². The van der Waals surface area contributed by atoms with Crippen molar-refractivity contribution < 1.29 is 0 Å². The van der Waals surface area contributed by atoms with Crippen LogP contribution in [0.25, 0.3) is 0 Å². The van der Waals surface area contributed by atoms with Gasteiger partial charge in [-0.1, -0.05) is 51.7 Å². The number of rotatable bonds is 8. The second kappa shape index (κ2) is 10.4. The van der Waals surface area contributed by atoms with Gasteiger partial charge in [-0.25, -0.2) is 0 Å². The van der Waals surface area contributed by atoms with E-state index in [9.17, 15) is 0 Å². The first-order valence-corrected chi connectivity index (χ1v) is 5.86. The van der Waals surface area contributed by atoms with Crippen LogP contribution in [-0.2, 0) is 0 Å². The molecule has 0 aromatic carbocycles. The fraction of sp³-hybridized carbons (Fsp3) is 0.692. The minimum atomic E-state index is 1.20. The first-order valence-electron chi connectivity index (χ1n) is 5.86. The first kappa shape index (κ1) is 13.3. The lowest BCUT2D eigenvalue weighted by atomic mass is 10.2. The van der Waals surface area contributed by atoms with Crippen LogP contribution in [0.5, 0.6) is 0 Å².